The lowest BCUT2D eigenvalue weighted by Crippen LogP contribution is -2.39. The Hall–Kier alpha value is -1.92. The molecule has 0 bridgehead atoms. The van der Waals surface area contributed by atoms with Crippen LogP contribution in [-0.4, -0.2) is 43.0 Å². The first-order chi connectivity index (χ1) is 7.86. The van der Waals surface area contributed by atoms with Gasteiger partial charge in [0.1, 0.15) is 6.61 Å². The van der Waals surface area contributed by atoms with Crippen molar-refractivity contribution in [3.8, 4) is 0 Å². The van der Waals surface area contributed by atoms with Crippen LogP contribution in [-0.2, 0) is 33.4 Å². The quantitative estimate of drug-likeness (QED) is 0.358. The summed E-state index contributed by atoms with van der Waals surface area (Å²) in [5.74, 6) is -1.99. The van der Waals surface area contributed by atoms with Crippen molar-refractivity contribution in [2.24, 2.45) is 0 Å². The molecule has 0 saturated heterocycles. The van der Waals surface area contributed by atoms with Crippen LogP contribution in [0.5, 0.6) is 0 Å². The lowest BCUT2D eigenvalue weighted by molar-refractivity contribution is -0.173. The molecule has 0 saturated carbocycles. The van der Waals surface area contributed by atoms with Crippen molar-refractivity contribution in [1.82, 2.24) is 0 Å². The third kappa shape index (κ3) is 7.04. The Morgan fingerprint density at radius 3 is 1.88 bits per heavy atom. The Bertz CT molecular complexity index is 310. The minimum Gasteiger partial charge on any atom is -0.462 e. The summed E-state index contributed by atoms with van der Waals surface area (Å²) in [5, 5.41) is 0. The highest BCUT2D eigenvalue weighted by molar-refractivity contribution is 5.71. The van der Waals surface area contributed by atoms with Crippen molar-refractivity contribution in [3.05, 3.63) is 0 Å². The van der Waals surface area contributed by atoms with Gasteiger partial charge in [-0.15, -0.1) is 0 Å². The maximum absolute atomic E-state index is 10.8. The fourth-order valence-electron chi connectivity index (χ4n) is 0.992. The smallest absolute Gasteiger partial charge is 0.303 e. The Kier molecular flexibility index (Phi) is 6.54. The third-order valence-corrected chi connectivity index (χ3v) is 1.57. The highest BCUT2D eigenvalue weighted by Gasteiger charge is 2.28. The molecule has 0 aliphatic carbocycles. The number of rotatable bonds is 6. The zero-order valence-corrected chi connectivity index (χ0v) is 9.80. The van der Waals surface area contributed by atoms with E-state index in [1.807, 2.05) is 0 Å². The molecule has 0 rings (SSSR count). The molecule has 0 fully saturated rings. The molecule has 0 amide bonds. The molecule has 0 aromatic carbocycles. The van der Waals surface area contributed by atoms with Gasteiger partial charge in [0.05, 0.1) is 0 Å². The first kappa shape index (κ1) is 15.1. The van der Waals surface area contributed by atoms with E-state index in [0.29, 0.717) is 6.29 Å². The molecular formula is C10H14O7. The lowest BCUT2D eigenvalue weighted by Gasteiger charge is -2.21. The number of hydrogen-bond donors (Lipinski definition) is 0. The summed E-state index contributed by atoms with van der Waals surface area (Å²) in [7, 11) is 0. The van der Waals surface area contributed by atoms with Crippen molar-refractivity contribution >= 4 is 24.2 Å². The summed E-state index contributed by atoms with van der Waals surface area (Å²) < 4.78 is 14.0. The fraction of sp³-hybridized carbons (Fsp3) is 0.600. The maximum atomic E-state index is 10.8. The van der Waals surface area contributed by atoms with E-state index in [1.54, 1.807) is 0 Å². The van der Waals surface area contributed by atoms with Crippen LogP contribution in [0.1, 0.15) is 20.8 Å². The van der Waals surface area contributed by atoms with Gasteiger partial charge in [0, 0.05) is 20.8 Å². The van der Waals surface area contributed by atoms with Gasteiger partial charge in [-0.3, -0.25) is 19.2 Å². The molecule has 0 unspecified atom stereocenters. The molecule has 7 nitrogen and oxygen atoms in total. The molecule has 0 aromatic rings. The van der Waals surface area contributed by atoms with E-state index in [-0.39, 0.29) is 6.61 Å². The molecule has 96 valence electrons. The van der Waals surface area contributed by atoms with Gasteiger partial charge in [-0.05, 0) is 0 Å². The second-order valence-corrected chi connectivity index (χ2v) is 3.16. The monoisotopic (exact) mass is 246 g/mol. The zero-order chi connectivity index (χ0) is 13.4. The number of ether oxygens (including phenoxy) is 3. The molecule has 2 atom stereocenters. The molecule has 0 spiro atoms. The van der Waals surface area contributed by atoms with Crippen molar-refractivity contribution in [1.29, 1.82) is 0 Å². The fourth-order valence-corrected chi connectivity index (χ4v) is 0.992. The zero-order valence-electron chi connectivity index (χ0n) is 9.80. The van der Waals surface area contributed by atoms with Gasteiger partial charge in [-0.25, -0.2) is 0 Å². The van der Waals surface area contributed by atoms with E-state index in [2.05, 4.69) is 9.47 Å². The second kappa shape index (κ2) is 7.37. The van der Waals surface area contributed by atoms with Gasteiger partial charge >= 0.3 is 17.9 Å². The molecule has 0 heterocycles. The molecule has 0 N–H and O–H groups in total. The topological polar surface area (TPSA) is 96.0 Å². The van der Waals surface area contributed by atoms with Crippen molar-refractivity contribution in [2.75, 3.05) is 6.61 Å². The van der Waals surface area contributed by atoms with E-state index < -0.39 is 30.1 Å². The third-order valence-electron chi connectivity index (χ3n) is 1.57. The summed E-state index contributed by atoms with van der Waals surface area (Å²) >= 11 is 0. The number of carbonyl (C=O) groups is 4. The van der Waals surface area contributed by atoms with Gasteiger partial charge in [-0.1, -0.05) is 0 Å². The summed E-state index contributed by atoms with van der Waals surface area (Å²) in [6.45, 7) is 3.03. The summed E-state index contributed by atoms with van der Waals surface area (Å²) in [6.07, 6.45) is -2.13. The van der Waals surface area contributed by atoms with E-state index in [0.717, 1.165) is 20.8 Å². The van der Waals surface area contributed by atoms with Crippen LogP contribution in [0.25, 0.3) is 0 Å². The van der Waals surface area contributed by atoms with E-state index in [9.17, 15) is 19.2 Å². The standard InChI is InChI=1S/C10H14O7/c1-6(12)15-5-10(17-8(3)14)9(4-11)16-7(2)13/h4,9-10H,5H2,1-3H3/t9-,10+/m0/s1. The number of aldehydes is 1. The van der Waals surface area contributed by atoms with E-state index in [4.69, 9.17) is 4.74 Å². The van der Waals surface area contributed by atoms with Crippen LogP contribution >= 0.6 is 0 Å². The lowest BCUT2D eigenvalue weighted by atomic mass is 10.2. The average molecular weight is 246 g/mol. The molecule has 17 heavy (non-hydrogen) atoms. The minimum absolute atomic E-state index is 0.304. The number of esters is 3. The summed E-state index contributed by atoms with van der Waals surface area (Å²) in [5.41, 5.74) is 0. The van der Waals surface area contributed by atoms with Crippen LogP contribution in [0.3, 0.4) is 0 Å². The van der Waals surface area contributed by atoms with Gasteiger partial charge in [0.2, 0.25) is 0 Å². The maximum Gasteiger partial charge on any atom is 0.303 e. The Morgan fingerprint density at radius 1 is 1.00 bits per heavy atom. The van der Waals surface area contributed by atoms with Crippen molar-refractivity contribution < 1.29 is 33.4 Å². The van der Waals surface area contributed by atoms with Gasteiger partial charge in [0.25, 0.3) is 0 Å². The molecule has 0 aliphatic rings. The molecule has 0 radical (unpaired) electrons. The van der Waals surface area contributed by atoms with E-state index >= 15 is 0 Å². The van der Waals surface area contributed by atoms with E-state index in [1.165, 1.54) is 0 Å². The molecule has 0 aliphatic heterocycles. The molecule has 0 aromatic heterocycles. The number of hydrogen-bond acceptors (Lipinski definition) is 7. The van der Waals surface area contributed by atoms with Gasteiger partial charge in [-0.2, -0.15) is 0 Å². The van der Waals surface area contributed by atoms with Crippen LogP contribution in [0.2, 0.25) is 0 Å². The molecular weight excluding hydrogens is 232 g/mol. The van der Waals surface area contributed by atoms with Crippen LogP contribution in [0.15, 0.2) is 0 Å². The summed E-state index contributed by atoms with van der Waals surface area (Å²) in [6, 6.07) is 0. The predicted octanol–water partition coefficient (Wildman–Crippen LogP) is -0.388. The van der Waals surface area contributed by atoms with Crippen LogP contribution in [0, 0.1) is 0 Å². The van der Waals surface area contributed by atoms with Crippen molar-refractivity contribution in [2.45, 2.75) is 33.0 Å². The van der Waals surface area contributed by atoms with Gasteiger partial charge < -0.3 is 14.2 Å². The van der Waals surface area contributed by atoms with Gasteiger partial charge in [0.15, 0.2) is 18.5 Å². The Morgan fingerprint density at radius 2 is 1.53 bits per heavy atom. The summed E-state index contributed by atoms with van der Waals surface area (Å²) in [4.78, 5) is 42.8. The molecule has 7 heteroatoms. The number of carbonyl (C=O) groups excluding carboxylic acids is 4. The highest BCUT2D eigenvalue weighted by Crippen LogP contribution is 2.05. The normalized spacial score (nSPS) is 13.1. The van der Waals surface area contributed by atoms with Crippen LogP contribution < -0.4 is 0 Å². The van der Waals surface area contributed by atoms with Crippen LogP contribution in [0.4, 0.5) is 0 Å². The Labute approximate surface area is 98.0 Å². The van der Waals surface area contributed by atoms with Crippen molar-refractivity contribution in [3.63, 3.8) is 0 Å². The second-order valence-electron chi connectivity index (χ2n) is 3.16. The highest BCUT2D eigenvalue weighted by atomic mass is 16.6. The SMILES string of the molecule is CC(=O)OC[C@@H](OC(C)=O)[C@H](C=O)OC(C)=O. The average Bonchev–Trinajstić information content (AvgIpc) is 2.20. The largest absolute Gasteiger partial charge is 0.462 e. The minimum atomic E-state index is -1.30. The first-order valence-corrected chi connectivity index (χ1v) is 4.80. The first-order valence-electron chi connectivity index (χ1n) is 4.80. The predicted molar refractivity (Wildman–Crippen MR) is 53.8 cm³/mol. The Balaban J connectivity index is 4.60.